The van der Waals surface area contributed by atoms with E-state index in [0.717, 1.165) is 4.88 Å². The van der Waals surface area contributed by atoms with Crippen molar-refractivity contribution in [2.75, 3.05) is 7.05 Å². The molecule has 104 valence electrons. The molecule has 0 radical (unpaired) electrons. The van der Waals surface area contributed by atoms with Crippen molar-refractivity contribution in [2.45, 2.75) is 6.54 Å². The van der Waals surface area contributed by atoms with E-state index >= 15 is 0 Å². The van der Waals surface area contributed by atoms with Crippen molar-refractivity contribution in [2.24, 2.45) is 0 Å². The lowest BCUT2D eigenvalue weighted by molar-refractivity contribution is -0.384. The van der Waals surface area contributed by atoms with Gasteiger partial charge in [0.15, 0.2) is 0 Å². The van der Waals surface area contributed by atoms with Crippen molar-refractivity contribution < 1.29 is 9.72 Å². The fourth-order valence-electron chi connectivity index (χ4n) is 1.70. The maximum Gasteiger partial charge on any atom is 0.270 e. The molecule has 2 rings (SSSR count). The Morgan fingerprint density at radius 2 is 2.20 bits per heavy atom. The zero-order valence-electron chi connectivity index (χ0n) is 10.6. The molecule has 0 N–H and O–H groups in total. The van der Waals surface area contributed by atoms with Gasteiger partial charge in [0.1, 0.15) is 0 Å². The topological polar surface area (TPSA) is 63.5 Å². The first-order chi connectivity index (χ1) is 9.49. The number of non-ortho nitro benzene ring substituents is 1. The third kappa shape index (κ3) is 3.34. The molecule has 0 atom stereocenters. The van der Waals surface area contributed by atoms with Gasteiger partial charge in [0.25, 0.3) is 11.6 Å². The number of carbonyl (C=O) groups excluding carboxylic acids is 1. The van der Waals surface area contributed by atoms with Gasteiger partial charge >= 0.3 is 0 Å². The van der Waals surface area contributed by atoms with E-state index in [4.69, 9.17) is 0 Å². The van der Waals surface area contributed by atoms with E-state index in [1.807, 2.05) is 40.1 Å². The largest absolute Gasteiger partial charge is 0.337 e. The standard InChI is InChI=1S/C13H11IN2O3S/c1-15(8-10-3-2-6-20-10)13(17)11-7-9(16(18)19)4-5-12(11)14/h2-7H,8H2,1H3. The lowest BCUT2D eigenvalue weighted by Crippen LogP contribution is -2.26. The molecule has 20 heavy (non-hydrogen) atoms. The van der Waals surface area contributed by atoms with E-state index < -0.39 is 4.92 Å². The molecule has 0 aliphatic heterocycles. The first-order valence-corrected chi connectivity index (χ1v) is 7.66. The molecule has 0 saturated heterocycles. The Morgan fingerprint density at radius 3 is 2.80 bits per heavy atom. The van der Waals surface area contributed by atoms with Crippen molar-refractivity contribution in [3.63, 3.8) is 0 Å². The van der Waals surface area contributed by atoms with E-state index in [0.29, 0.717) is 15.7 Å². The van der Waals surface area contributed by atoms with Crippen LogP contribution in [-0.4, -0.2) is 22.8 Å². The summed E-state index contributed by atoms with van der Waals surface area (Å²) in [5.41, 5.74) is 0.289. The number of hydrogen-bond acceptors (Lipinski definition) is 4. The molecular formula is C13H11IN2O3S. The van der Waals surface area contributed by atoms with Gasteiger partial charge in [0, 0.05) is 27.6 Å². The average molecular weight is 402 g/mol. The number of carbonyl (C=O) groups is 1. The van der Waals surface area contributed by atoms with E-state index in [-0.39, 0.29) is 11.6 Å². The first-order valence-electron chi connectivity index (χ1n) is 5.71. The summed E-state index contributed by atoms with van der Waals surface area (Å²) in [6.07, 6.45) is 0. The Labute approximate surface area is 133 Å². The van der Waals surface area contributed by atoms with Crippen LogP contribution in [0, 0.1) is 13.7 Å². The minimum absolute atomic E-state index is 0.0710. The Kier molecular flexibility index (Phi) is 4.71. The van der Waals surface area contributed by atoms with E-state index in [1.54, 1.807) is 29.4 Å². The highest BCUT2D eigenvalue weighted by atomic mass is 127. The van der Waals surface area contributed by atoms with Gasteiger partial charge in [-0.2, -0.15) is 0 Å². The molecule has 7 heteroatoms. The molecule has 0 fully saturated rings. The number of nitro benzene ring substituents is 1. The summed E-state index contributed by atoms with van der Waals surface area (Å²) < 4.78 is 0.705. The van der Waals surface area contributed by atoms with E-state index in [1.165, 1.54) is 12.1 Å². The van der Waals surface area contributed by atoms with E-state index in [2.05, 4.69) is 0 Å². The van der Waals surface area contributed by atoms with Crippen LogP contribution >= 0.6 is 33.9 Å². The second-order valence-corrected chi connectivity index (χ2v) is 6.36. The second-order valence-electron chi connectivity index (χ2n) is 4.16. The van der Waals surface area contributed by atoms with Gasteiger partial charge in [-0.05, 0) is 40.1 Å². The molecule has 1 amide bonds. The van der Waals surface area contributed by atoms with Gasteiger partial charge in [0.05, 0.1) is 17.0 Å². The summed E-state index contributed by atoms with van der Waals surface area (Å²) in [6.45, 7) is 0.495. The normalized spacial score (nSPS) is 10.3. The number of benzene rings is 1. The fourth-order valence-corrected chi connectivity index (χ4v) is 3.03. The van der Waals surface area contributed by atoms with Gasteiger partial charge in [-0.25, -0.2) is 0 Å². The molecular weight excluding hydrogens is 391 g/mol. The number of nitrogens with zero attached hydrogens (tertiary/aromatic N) is 2. The number of rotatable bonds is 4. The maximum atomic E-state index is 12.4. The summed E-state index contributed by atoms with van der Waals surface area (Å²) in [5.74, 6) is -0.216. The van der Waals surface area contributed by atoms with Gasteiger partial charge in [0.2, 0.25) is 0 Å². The molecule has 0 aliphatic carbocycles. The number of thiophene rings is 1. The first kappa shape index (κ1) is 14.9. The van der Waals surface area contributed by atoms with Crippen LogP contribution < -0.4 is 0 Å². The fraction of sp³-hybridized carbons (Fsp3) is 0.154. The van der Waals surface area contributed by atoms with Crippen molar-refractivity contribution in [1.29, 1.82) is 0 Å². The minimum atomic E-state index is -0.494. The number of amides is 1. The highest BCUT2D eigenvalue weighted by molar-refractivity contribution is 14.1. The number of nitro groups is 1. The lowest BCUT2D eigenvalue weighted by atomic mass is 10.2. The van der Waals surface area contributed by atoms with Crippen LogP contribution in [0.15, 0.2) is 35.7 Å². The van der Waals surface area contributed by atoms with Crippen molar-refractivity contribution >= 4 is 45.5 Å². The highest BCUT2D eigenvalue weighted by Gasteiger charge is 2.19. The lowest BCUT2D eigenvalue weighted by Gasteiger charge is -2.17. The molecule has 1 aromatic heterocycles. The SMILES string of the molecule is CN(Cc1cccs1)C(=O)c1cc([N+](=O)[O-])ccc1I. The monoisotopic (exact) mass is 402 g/mol. The van der Waals surface area contributed by atoms with Crippen LogP contribution in [-0.2, 0) is 6.54 Å². The average Bonchev–Trinajstić information content (AvgIpc) is 2.91. The molecule has 1 aromatic carbocycles. The van der Waals surface area contributed by atoms with Crippen LogP contribution in [0.3, 0.4) is 0 Å². The highest BCUT2D eigenvalue weighted by Crippen LogP contribution is 2.21. The van der Waals surface area contributed by atoms with Crippen molar-refractivity contribution in [1.82, 2.24) is 4.90 Å². The number of halogens is 1. The summed E-state index contributed by atoms with van der Waals surface area (Å²) in [5, 5.41) is 12.7. The quantitative estimate of drug-likeness (QED) is 0.447. The molecule has 0 bridgehead atoms. The third-order valence-electron chi connectivity index (χ3n) is 2.71. The minimum Gasteiger partial charge on any atom is -0.337 e. The van der Waals surface area contributed by atoms with E-state index in [9.17, 15) is 14.9 Å². The van der Waals surface area contributed by atoms with Crippen LogP contribution in [0.25, 0.3) is 0 Å². The summed E-state index contributed by atoms with van der Waals surface area (Å²) in [4.78, 5) is 25.3. The van der Waals surface area contributed by atoms with Crippen LogP contribution in [0.5, 0.6) is 0 Å². The molecule has 0 spiro atoms. The Balaban J connectivity index is 2.23. The molecule has 0 unspecified atom stereocenters. The van der Waals surface area contributed by atoms with Crippen LogP contribution in [0.2, 0.25) is 0 Å². The summed E-state index contributed by atoms with van der Waals surface area (Å²) in [6, 6.07) is 8.19. The maximum absolute atomic E-state index is 12.4. The van der Waals surface area contributed by atoms with Crippen molar-refractivity contribution in [3.05, 3.63) is 59.8 Å². The predicted octanol–water partition coefficient (Wildman–Crippen LogP) is 3.53. The predicted molar refractivity (Wildman–Crippen MR) is 85.9 cm³/mol. The van der Waals surface area contributed by atoms with Gasteiger partial charge in [-0.1, -0.05) is 6.07 Å². The van der Waals surface area contributed by atoms with Crippen molar-refractivity contribution in [3.8, 4) is 0 Å². The smallest absolute Gasteiger partial charge is 0.270 e. The number of hydrogen-bond donors (Lipinski definition) is 0. The van der Waals surface area contributed by atoms with Crippen LogP contribution in [0.4, 0.5) is 5.69 Å². The molecule has 0 saturated carbocycles. The van der Waals surface area contributed by atoms with Gasteiger partial charge < -0.3 is 4.90 Å². The second kappa shape index (κ2) is 6.31. The third-order valence-corrected chi connectivity index (χ3v) is 4.51. The zero-order chi connectivity index (χ0) is 14.7. The Morgan fingerprint density at radius 1 is 1.45 bits per heavy atom. The molecule has 0 aliphatic rings. The van der Waals surface area contributed by atoms with Gasteiger partial charge in [-0.3, -0.25) is 14.9 Å². The summed E-state index contributed by atoms with van der Waals surface area (Å²) in [7, 11) is 1.69. The van der Waals surface area contributed by atoms with Gasteiger partial charge in [-0.15, -0.1) is 11.3 Å². The molecule has 2 aromatic rings. The Hall–Kier alpha value is -1.48. The molecule has 1 heterocycles. The zero-order valence-corrected chi connectivity index (χ0v) is 13.6. The summed E-state index contributed by atoms with van der Waals surface area (Å²) >= 11 is 3.58. The van der Waals surface area contributed by atoms with Crippen LogP contribution in [0.1, 0.15) is 15.2 Å². The Bertz CT molecular complexity index is 643. The molecule has 5 nitrogen and oxygen atoms in total.